The third-order valence-corrected chi connectivity index (χ3v) is 6.85. The van der Waals surface area contributed by atoms with Gasteiger partial charge in [0.1, 0.15) is 11.6 Å². The molecule has 1 amide bonds. The van der Waals surface area contributed by atoms with Crippen LogP contribution in [0.3, 0.4) is 0 Å². The minimum Gasteiger partial charge on any atom is -0.465 e. The van der Waals surface area contributed by atoms with Crippen molar-refractivity contribution in [3.63, 3.8) is 0 Å². The lowest BCUT2D eigenvalue weighted by atomic mass is 9.95. The van der Waals surface area contributed by atoms with Crippen LogP contribution in [0.15, 0.2) is 47.3 Å². The number of nitrogens with zero attached hydrogens (tertiary/aromatic N) is 2. The first kappa shape index (κ1) is 29.9. The van der Waals surface area contributed by atoms with Crippen molar-refractivity contribution in [3.8, 4) is 16.9 Å². The van der Waals surface area contributed by atoms with Gasteiger partial charge in [0.2, 0.25) is 0 Å². The Bertz CT molecular complexity index is 1560. The first-order valence-corrected chi connectivity index (χ1v) is 13.2. The SMILES string of the molecule is CC(C)Cn1c(CN(C(=O)O)C(C)(C)C)c(-c2ccc(F)cc2)c2cc(OS(=O)(=O)C(F)(F)F)ccc2c1=O. The fraction of sp³-hybridized carbons (Fsp3) is 0.385. The van der Waals surface area contributed by atoms with E-state index in [-0.39, 0.29) is 41.0 Å². The van der Waals surface area contributed by atoms with E-state index in [9.17, 15) is 40.7 Å². The number of aromatic nitrogens is 1. The predicted octanol–water partition coefficient (Wildman–Crippen LogP) is 5.97. The number of carbonyl (C=O) groups is 1. The fourth-order valence-electron chi connectivity index (χ4n) is 4.10. The fourth-order valence-corrected chi connectivity index (χ4v) is 4.56. The molecule has 0 saturated carbocycles. The third-order valence-electron chi connectivity index (χ3n) is 5.87. The molecule has 0 spiro atoms. The van der Waals surface area contributed by atoms with Crippen LogP contribution >= 0.6 is 0 Å². The second-order valence-corrected chi connectivity index (χ2v) is 11.9. The molecule has 2 aromatic carbocycles. The Balaban J connectivity index is 2.48. The van der Waals surface area contributed by atoms with Gasteiger partial charge in [-0.25, -0.2) is 9.18 Å². The van der Waals surface area contributed by atoms with Gasteiger partial charge in [-0.05, 0) is 62.6 Å². The minimum absolute atomic E-state index is 0.00994. The molecule has 1 aromatic heterocycles. The zero-order valence-corrected chi connectivity index (χ0v) is 22.7. The summed E-state index contributed by atoms with van der Waals surface area (Å²) in [5.41, 5.74) is -6.45. The molecule has 1 heterocycles. The van der Waals surface area contributed by atoms with E-state index in [1.807, 2.05) is 13.8 Å². The standard InChI is InChI=1S/C26H28F4N2O6S/c1-15(2)13-31-21(14-32(24(34)35)25(3,4)5)22(16-6-8-17(27)9-7-16)20-12-18(10-11-19(20)23(31)33)38-39(36,37)26(28,29)30/h6-12,15H,13-14H2,1-5H3,(H,34,35). The lowest BCUT2D eigenvalue weighted by Gasteiger charge is -2.35. The van der Waals surface area contributed by atoms with E-state index >= 15 is 0 Å². The first-order chi connectivity index (χ1) is 17.8. The highest BCUT2D eigenvalue weighted by Crippen LogP contribution is 2.36. The van der Waals surface area contributed by atoms with Crippen LogP contribution in [0, 0.1) is 11.7 Å². The van der Waals surface area contributed by atoms with Gasteiger partial charge in [-0.2, -0.15) is 21.6 Å². The molecule has 8 nitrogen and oxygen atoms in total. The van der Waals surface area contributed by atoms with Crippen molar-refractivity contribution < 1.29 is 40.1 Å². The quantitative estimate of drug-likeness (QED) is 0.212. The van der Waals surface area contributed by atoms with Crippen molar-refractivity contribution in [1.82, 2.24) is 9.47 Å². The van der Waals surface area contributed by atoms with Gasteiger partial charge in [0.05, 0.1) is 6.54 Å². The van der Waals surface area contributed by atoms with Crippen molar-refractivity contribution in [2.24, 2.45) is 5.92 Å². The zero-order chi connectivity index (χ0) is 29.5. The number of pyridine rings is 1. The van der Waals surface area contributed by atoms with Crippen LogP contribution in [0.4, 0.5) is 22.4 Å². The van der Waals surface area contributed by atoms with Crippen LogP contribution in [0.2, 0.25) is 0 Å². The Morgan fingerprint density at radius 2 is 1.64 bits per heavy atom. The van der Waals surface area contributed by atoms with E-state index in [1.165, 1.54) is 16.7 Å². The molecular formula is C26H28F4N2O6S. The summed E-state index contributed by atoms with van der Waals surface area (Å²) in [5.74, 6) is -1.37. The Kier molecular flexibility index (Phi) is 8.07. The molecule has 0 atom stereocenters. The molecule has 0 radical (unpaired) electrons. The number of alkyl halides is 3. The molecule has 0 fully saturated rings. The summed E-state index contributed by atoms with van der Waals surface area (Å²) in [4.78, 5) is 27.0. The van der Waals surface area contributed by atoms with Crippen LogP contribution in [-0.4, -0.2) is 40.1 Å². The predicted molar refractivity (Wildman–Crippen MR) is 137 cm³/mol. The number of halogens is 4. The van der Waals surface area contributed by atoms with Crippen molar-refractivity contribution >= 4 is 27.0 Å². The van der Waals surface area contributed by atoms with Gasteiger partial charge in [-0.3, -0.25) is 9.69 Å². The molecule has 212 valence electrons. The molecule has 0 unspecified atom stereocenters. The zero-order valence-electron chi connectivity index (χ0n) is 21.8. The maximum atomic E-state index is 13.8. The topological polar surface area (TPSA) is 106 Å². The van der Waals surface area contributed by atoms with Crippen LogP contribution in [0.1, 0.15) is 40.3 Å². The molecular weight excluding hydrogens is 544 g/mol. The number of hydrogen-bond donors (Lipinski definition) is 1. The van der Waals surface area contributed by atoms with Crippen molar-refractivity contribution in [2.75, 3.05) is 0 Å². The summed E-state index contributed by atoms with van der Waals surface area (Å²) in [7, 11) is -6.02. The molecule has 13 heteroatoms. The number of benzene rings is 2. The van der Waals surface area contributed by atoms with Gasteiger partial charge in [0.15, 0.2) is 0 Å². The lowest BCUT2D eigenvalue weighted by Crippen LogP contribution is -2.45. The van der Waals surface area contributed by atoms with Crippen LogP contribution in [0.5, 0.6) is 5.75 Å². The molecule has 3 aromatic rings. The van der Waals surface area contributed by atoms with Crippen LogP contribution in [-0.2, 0) is 23.2 Å². The van der Waals surface area contributed by atoms with Gasteiger partial charge < -0.3 is 13.9 Å². The number of fused-ring (bicyclic) bond motifs is 1. The van der Waals surface area contributed by atoms with Gasteiger partial charge in [-0.15, -0.1) is 0 Å². The van der Waals surface area contributed by atoms with Gasteiger partial charge >= 0.3 is 21.7 Å². The summed E-state index contributed by atoms with van der Waals surface area (Å²) in [6.07, 6.45) is -1.29. The van der Waals surface area contributed by atoms with Gasteiger partial charge in [0, 0.05) is 34.1 Å². The maximum absolute atomic E-state index is 13.8. The number of rotatable bonds is 7. The highest BCUT2D eigenvalue weighted by molar-refractivity contribution is 7.88. The number of carboxylic acid groups (broad SMARTS) is 1. The lowest BCUT2D eigenvalue weighted by molar-refractivity contribution is -0.0500. The van der Waals surface area contributed by atoms with Crippen molar-refractivity contribution in [2.45, 2.75) is 58.8 Å². The monoisotopic (exact) mass is 572 g/mol. The van der Waals surface area contributed by atoms with E-state index in [0.717, 1.165) is 35.2 Å². The van der Waals surface area contributed by atoms with E-state index < -0.39 is 44.4 Å². The second kappa shape index (κ2) is 10.5. The summed E-state index contributed by atoms with van der Waals surface area (Å²) in [5, 5.41) is 10.00. The maximum Gasteiger partial charge on any atom is 0.534 e. The Labute approximate surface area is 222 Å². The third kappa shape index (κ3) is 6.35. The molecule has 0 bridgehead atoms. The molecule has 0 aliphatic carbocycles. The Morgan fingerprint density at radius 3 is 2.13 bits per heavy atom. The van der Waals surface area contributed by atoms with E-state index in [0.29, 0.717) is 5.56 Å². The smallest absolute Gasteiger partial charge is 0.465 e. The van der Waals surface area contributed by atoms with E-state index in [1.54, 1.807) is 20.8 Å². The average Bonchev–Trinajstić information content (AvgIpc) is 2.78. The van der Waals surface area contributed by atoms with Crippen molar-refractivity contribution in [3.05, 3.63) is 64.3 Å². The molecule has 39 heavy (non-hydrogen) atoms. The molecule has 0 aliphatic rings. The van der Waals surface area contributed by atoms with Crippen molar-refractivity contribution in [1.29, 1.82) is 0 Å². The molecule has 3 rings (SSSR count). The number of amides is 1. The summed E-state index contributed by atoms with van der Waals surface area (Å²) in [6, 6.07) is 8.07. The summed E-state index contributed by atoms with van der Waals surface area (Å²) >= 11 is 0. The summed E-state index contributed by atoms with van der Waals surface area (Å²) < 4.78 is 81.8. The second-order valence-electron chi connectivity index (χ2n) is 10.4. The van der Waals surface area contributed by atoms with Crippen LogP contribution < -0.4 is 9.74 Å². The molecule has 0 saturated heterocycles. The normalized spacial score (nSPS) is 12.7. The largest absolute Gasteiger partial charge is 0.534 e. The van der Waals surface area contributed by atoms with E-state index in [2.05, 4.69) is 4.18 Å². The summed E-state index contributed by atoms with van der Waals surface area (Å²) in [6.45, 7) is 8.49. The average molecular weight is 573 g/mol. The highest BCUT2D eigenvalue weighted by Gasteiger charge is 2.48. The number of hydrogen-bond acceptors (Lipinski definition) is 5. The van der Waals surface area contributed by atoms with Gasteiger partial charge in [-0.1, -0.05) is 26.0 Å². The van der Waals surface area contributed by atoms with Gasteiger partial charge in [0.25, 0.3) is 5.56 Å². The Morgan fingerprint density at radius 1 is 1.05 bits per heavy atom. The first-order valence-electron chi connectivity index (χ1n) is 11.8. The van der Waals surface area contributed by atoms with Crippen LogP contribution in [0.25, 0.3) is 21.9 Å². The molecule has 1 N–H and O–H groups in total. The minimum atomic E-state index is -6.02. The van der Waals surface area contributed by atoms with E-state index in [4.69, 9.17) is 0 Å². The molecule has 0 aliphatic heterocycles. The Hall–Kier alpha value is -3.61. The highest BCUT2D eigenvalue weighted by atomic mass is 32.2.